The van der Waals surface area contributed by atoms with Crippen molar-refractivity contribution in [3.8, 4) is 0 Å². The molecule has 5 nitrogen and oxygen atoms in total. The molecule has 0 saturated carbocycles. The van der Waals surface area contributed by atoms with Crippen LogP contribution in [0.15, 0.2) is 6.07 Å². The van der Waals surface area contributed by atoms with Crippen molar-refractivity contribution in [2.45, 2.75) is 26.7 Å². The Hall–Kier alpha value is -1.07. The predicted octanol–water partition coefficient (Wildman–Crippen LogP) is 1.30. The van der Waals surface area contributed by atoms with Crippen molar-refractivity contribution >= 4 is 18.3 Å². The van der Waals surface area contributed by atoms with E-state index in [1.165, 1.54) is 0 Å². The third-order valence-electron chi connectivity index (χ3n) is 2.58. The molecule has 0 spiro atoms. The van der Waals surface area contributed by atoms with E-state index in [1.807, 2.05) is 20.0 Å². The summed E-state index contributed by atoms with van der Waals surface area (Å²) in [6, 6.07) is 1.85. The average Bonchev–Trinajstić information content (AvgIpc) is 2.66. The summed E-state index contributed by atoms with van der Waals surface area (Å²) in [4.78, 5) is 11.8. The van der Waals surface area contributed by atoms with Gasteiger partial charge in [0, 0.05) is 25.8 Å². The molecule has 0 radical (unpaired) electrons. The fourth-order valence-corrected chi connectivity index (χ4v) is 1.66. The third-order valence-corrected chi connectivity index (χ3v) is 2.58. The van der Waals surface area contributed by atoms with Crippen LogP contribution in [-0.4, -0.2) is 35.3 Å². The zero-order chi connectivity index (χ0) is 12.8. The van der Waals surface area contributed by atoms with E-state index in [1.54, 1.807) is 4.68 Å². The van der Waals surface area contributed by atoms with Crippen LogP contribution < -0.4 is 10.6 Å². The molecule has 104 valence electrons. The predicted molar refractivity (Wildman–Crippen MR) is 75.4 cm³/mol. The average molecular weight is 275 g/mol. The van der Waals surface area contributed by atoms with E-state index < -0.39 is 0 Å². The molecule has 0 saturated heterocycles. The van der Waals surface area contributed by atoms with Gasteiger partial charge in [0.25, 0.3) is 5.91 Å². The lowest BCUT2D eigenvalue weighted by Gasteiger charge is -2.02. The van der Waals surface area contributed by atoms with Crippen LogP contribution in [0, 0.1) is 0 Å². The van der Waals surface area contributed by atoms with Gasteiger partial charge in [-0.1, -0.05) is 20.8 Å². The van der Waals surface area contributed by atoms with Crippen LogP contribution in [0.2, 0.25) is 0 Å². The molecule has 0 bridgehead atoms. The number of hydrogen-bond acceptors (Lipinski definition) is 3. The fraction of sp³-hybridized carbons (Fsp3) is 0.667. The number of carbonyl (C=O) groups excluding carboxylic acids is 1. The molecule has 18 heavy (non-hydrogen) atoms. The summed E-state index contributed by atoms with van der Waals surface area (Å²) in [5.74, 6) is 0.265. The van der Waals surface area contributed by atoms with Crippen molar-refractivity contribution in [2.75, 3.05) is 19.6 Å². The van der Waals surface area contributed by atoms with Crippen LogP contribution in [-0.2, 0) is 7.05 Å². The van der Waals surface area contributed by atoms with Crippen LogP contribution in [0.5, 0.6) is 0 Å². The third kappa shape index (κ3) is 4.66. The minimum absolute atomic E-state index is 0. The first-order chi connectivity index (χ1) is 8.06. The molecule has 0 fully saturated rings. The number of aryl methyl sites for hydroxylation is 1. The van der Waals surface area contributed by atoms with E-state index in [2.05, 4.69) is 29.6 Å². The van der Waals surface area contributed by atoms with Gasteiger partial charge in [0.15, 0.2) is 0 Å². The van der Waals surface area contributed by atoms with E-state index in [0.29, 0.717) is 18.2 Å². The highest BCUT2D eigenvalue weighted by atomic mass is 35.5. The van der Waals surface area contributed by atoms with Gasteiger partial charge in [-0.2, -0.15) is 5.10 Å². The summed E-state index contributed by atoms with van der Waals surface area (Å²) < 4.78 is 1.77. The minimum Gasteiger partial charge on any atom is -0.349 e. The molecule has 1 heterocycles. The Labute approximate surface area is 115 Å². The summed E-state index contributed by atoms with van der Waals surface area (Å²) in [6.07, 6.45) is 0. The highest BCUT2D eigenvalue weighted by molar-refractivity contribution is 5.92. The molecule has 1 rings (SSSR count). The number of hydrogen-bond donors (Lipinski definition) is 2. The van der Waals surface area contributed by atoms with Crippen LogP contribution in [0.3, 0.4) is 0 Å². The Balaban J connectivity index is 0.00000289. The number of nitrogens with one attached hydrogen (secondary N) is 2. The first-order valence-corrected chi connectivity index (χ1v) is 6.09. The maximum atomic E-state index is 11.8. The van der Waals surface area contributed by atoms with Gasteiger partial charge in [-0.15, -0.1) is 12.4 Å². The standard InChI is InChI=1S/C12H22N4O.ClH/c1-5-13-6-7-14-12(17)10-8-11(9(2)3)16(4)15-10;/h8-9,13H,5-7H2,1-4H3,(H,14,17);1H. The van der Waals surface area contributed by atoms with Gasteiger partial charge in [0.05, 0.1) is 0 Å². The molecule has 1 aromatic heterocycles. The number of rotatable bonds is 6. The number of aromatic nitrogens is 2. The lowest BCUT2D eigenvalue weighted by molar-refractivity contribution is 0.0948. The van der Waals surface area contributed by atoms with Gasteiger partial charge in [-0.05, 0) is 18.5 Å². The second kappa shape index (κ2) is 8.11. The van der Waals surface area contributed by atoms with E-state index in [-0.39, 0.29) is 18.3 Å². The normalized spacial score (nSPS) is 10.3. The van der Waals surface area contributed by atoms with Crippen molar-refractivity contribution < 1.29 is 4.79 Å². The van der Waals surface area contributed by atoms with Crippen molar-refractivity contribution in [1.82, 2.24) is 20.4 Å². The number of amides is 1. The molecule has 0 aliphatic heterocycles. The van der Waals surface area contributed by atoms with Gasteiger partial charge >= 0.3 is 0 Å². The topological polar surface area (TPSA) is 58.9 Å². The summed E-state index contributed by atoms with van der Waals surface area (Å²) in [6.45, 7) is 8.53. The van der Waals surface area contributed by atoms with Crippen LogP contribution in [0.1, 0.15) is 42.9 Å². The smallest absolute Gasteiger partial charge is 0.271 e. The number of nitrogens with zero attached hydrogens (tertiary/aromatic N) is 2. The van der Waals surface area contributed by atoms with E-state index in [0.717, 1.165) is 18.8 Å². The van der Waals surface area contributed by atoms with Crippen molar-refractivity contribution in [3.05, 3.63) is 17.5 Å². The van der Waals surface area contributed by atoms with E-state index >= 15 is 0 Å². The number of halogens is 1. The highest BCUT2D eigenvalue weighted by Gasteiger charge is 2.13. The summed E-state index contributed by atoms with van der Waals surface area (Å²) >= 11 is 0. The first-order valence-electron chi connectivity index (χ1n) is 6.09. The molecule has 1 amide bonds. The van der Waals surface area contributed by atoms with Gasteiger partial charge in [-0.25, -0.2) is 0 Å². The Morgan fingerprint density at radius 1 is 1.44 bits per heavy atom. The Morgan fingerprint density at radius 3 is 2.61 bits per heavy atom. The van der Waals surface area contributed by atoms with Crippen LogP contribution in [0.25, 0.3) is 0 Å². The Kier molecular flexibility index (Phi) is 7.62. The number of carbonyl (C=O) groups is 1. The first kappa shape index (κ1) is 16.9. The van der Waals surface area contributed by atoms with E-state index in [9.17, 15) is 4.79 Å². The molecule has 2 N–H and O–H groups in total. The molecule has 0 aliphatic carbocycles. The van der Waals surface area contributed by atoms with Crippen molar-refractivity contribution in [2.24, 2.45) is 7.05 Å². The van der Waals surface area contributed by atoms with Crippen molar-refractivity contribution in [1.29, 1.82) is 0 Å². The van der Waals surface area contributed by atoms with Gasteiger partial charge < -0.3 is 10.6 Å². The Morgan fingerprint density at radius 2 is 2.11 bits per heavy atom. The molecular formula is C12H23ClN4O. The van der Waals surface area contributed by atoms with Crippen molar-refractivity contribution in [3.63, 3.8) is 0 Å². The van der Waals surface area contributed by atoms with Gasteiger partial charge in [0.1, 0.15) is 5.69 Å². The molecule has 0 unspecified atom stereocenters. The van der Waals surface area contributed by atoms with Crippen LogP contribution >= 0.6 is 12.4 Å². The SMILES string of the molecule is CCNCCNC(=O)c1cc(C(C)C)n(C)n1.Cl. The maximum absolute atomic E-state index is 11.8. The summed E-state index contributed by atoms with van der Waals surface area (Å²) in [7, 11) is 1.87. The molecule has 1 aromatic rings. The lowest BCUT2D eigenvalue weighted by Crippen LogP contribution is -2.31. The molecular weight excluding hydrogens is 252 g/mol. The molecule has 6 heteroatoms. The maximum Gasteiger partial charge on any atom is 0.271 e. The molecule has 0 aromatic carbocycles. The second-order valence-corrected chi connectivity index (χ2v) is 4.34. The zero-order valence-electron chi connectivity index (χ0n) is 11.5. The zero-order valence-corrected chi connectivity index (χ0v) is 12.3. The highest BCUT2D eigenvalue weighted by Crippen LogP contribution is 2.14. The van der Waals surface area contributed by atoms with Gasteiger partial charge in [-0.3, -0.25) is 9.48 Å². The second-order valence-electron chi connectivity index (χ2n) is 4.34. The fourth-order valence-electron chi connectivity index (χ4n) is 1.66. The van der Waals surface area contributed by atoms with E-state index in [4.69, 9.17) is 0 Å². The monoisotopic (exact) mass is 274 g/mol. The van der Waals surface area contributed by atoms with Crippen LogP contribution in [0.4, 0.5) is 0 Å². The summed E-state index contributed by atoms with van der Waals surface area (Å²) in [5, 5.41) is 10.2. The summed E-state index contributed by atoms with van der Waals surface area (Å²) in [5.41, 5.74) is 1.56. The molecule has 0 aliphatic rings. The molecule has 0 atom stereocenters. The Bertz CT molecular complexity index is 376. The number of likely N-dealkylation sites (N-methyl/N-ethyl adjacent to an activating group) is 1. The quantitative estimate of drug-likeness (QED) is 0.769. The largest absolute Gasteiger partial charge is 0.349 e. The van der Waals surface area contributed by atoms with Gasteiger partial charge in [0.2, 0.25) is 0 Å². The minimum atomic E-state index is -0.106. The lowest BCUT2D eigenvalue weighted by atomic mass is 10.1.